The molecule has 108 valence electrons. The predicted octanol–water partition coefficient (Wildman–Crippen LogP) is 3.37. The maximum Gasteiger partial charge on any atom is 0.302 e. The first-order chi connectivity index (χ1) is 9.25. The van der Waals surface area contributed by atoms with Crippen molar-refractivity contribution in [3.05, 3.63) is 35.5 Å². The lowest BCUT2D eigenvalue weighted by molar-refractivity contribution is -0.152. The number of ether oxygens (including phenoxy) is 1. The zero-order valence-corrected chi connectivity index (χ0v) is 12.7. The van der Waals surface area contributed by atoms with E-state index >= 15 is 0 Å². The Hall–Kier alpha value is -1.64. The van der Waals surface area contributed by atoms with Crippen molar-refractivity contribution in [2.75, 3.05) is 0 Å². The van der Waals surface area contributed by atoms with Crippen LogP contribution in [0, 0.1) is 11.3 Å². The van der Waals surface area contributed by atoms with Crippen LogP contribution >= 0.6 is 0 Å². The summed E-state index contributed by atoms with van der Waals surface area (Å²) in [7, 11) is 0. The summed E-state index contributed by atoms with van der Waals surface area (Å²) in [5.41, 5.74) is 2.59. The van der Waals surface area contributed by atoms with Gasteiger partial charge in [0, 0.05) is 12.3 Å². The van der Waals surface area contributed by atoms with E-state index in [2.05, 4.69) is 13.5 Å². The first-order valence-electron chi connectivity index (χ1n) is 7.02. The van der Waals surface area contributed by atoms with Crippen LogP contribution in [0.2, 0.25) is 0 Å². The maximum absolute atomic E-state index is 11.9. The molecule has 0 unspecified atom stereocenters. The Labute approximate surface area is 120 Å². The van der Waals surface area contributed by atoms with E-state index in [1.165, 1.54) is 6.92 Å². The lowest BCUT2D eigenvalue weighted by Gasteiger charge is -2.46. The highest BCUT2D eigenvalue weighted by atomic mass is 16.5. The molecule has 0 amide bonds. The van der Waals surface area contributed by atoms with Crippen LogP contribution in [0.15, 0.2) is 35.5 Å². The Morgan fingerprint density at radius 2 is 2.10 bits per heavy atom. The van der Waals surface area contributed by atoms with Crippen LogP contribution in [-0.2, 0) is 14.3 Å². The normalized spacial score (nSPS) is 32.9. The first-order valence-corrected chi connectivity index (χ1v) is 7.02. The molecule has 1 saturated carbocycles. The van der Waals surface area contributed by atoms with E-state index in [1.54, 1.807) is 6.08 Å². The minimum atomic E-state index is -0.365. The molecule has 2 rings (SSSR count). The summed E-state index contributed by atoms with van der Waals surface area (Å²) >= 11 is 0. The molecule has 3 heteroatoms. The molecule has 0 bridgehead atoms. The van der Waals surface area contributed by atoms with E-state index in [0.29, 0.717) is 0 Å². The lowest BCUT2D eigenvalue weighted by atomic mass is 9.61. The summed E-state index contributed by atoms with van der Waals surface area (Å²) in [6.45, 7) is 11.4. The Morgan fingerprint density at radius 1 is 1.45 bits per heavy atom. The number of ketones is 1. The van der Waals surface area contributed by atoms with Gasteiger partial charge in [0.05, 0.1) is 0 Å². The molecular formula is C17H22O3. The van der Waals surface area contributed by atoms with E-state index in [4.69, 9.17) is 4.74 Å². The van der Waals surface area contributed by atoms with Crippen molar-refractivity contribution < 1.29 is 14.3 Å². The zero-order chi connectivity index (χ0) is 15.1. The van der Waals surface area contributed by atoms with Gasteiger partial charge in [0.2, 0.25) is 0 Å². The maximum atomic E-state index is 11.9. The molecule has 0 radical (unpaired) electrons. The molecule has 0 aromatic rings. The summed E-state index contributed by atoms with van der Waals surface area (Å²) in [6.07, 6.45) is 4.87. The number of rotatable bonds is 2. The predicted molar refractivity (Wildman–Crippen MR) is 78.0 cm³/mol. The fraction of sp³-hybridized carbons (Fsp3) is 0.529. The van der Waals surface area contributed by atoms with E-state index in [-0.39, 0.29) is 29.2 Å². The van der Waals surface area contributed by atoms with Gasteiger partial charge in [-0.25, -0.2) is 0 Å². The molecule has 20 heavy (non-hydrogen) atoms. The standard InChI is InChI=1S/C17H22O3/c1-10(2)13-8-14-11(3)15(19)6-7-17(14,5)16(9-13)20-12(4)18/h6-7,13,16H,1,8-9H2,2-5H3/t13-,16+,17+/m0/s1. The number of fused-ring (bicyclic) bond motifs is 1. The third-order valence-corrected chi connectivity index (χ3v) is 4.68. The van der Waals surface area contributed by atoms with Crippen LogP contribution in [0.4, 0.5) is 0 Å². The number of esters is 1. The van der Waals surface area contributed by atoms with Crippen LogP contribution in [0.3, 0.4) is 0 Å². The van der Waals surface area contributed by atoms with Gasteiger partial charge in [-0.2, -0.15) is 0 Å². The van der Waals surface area contributed by atoms with Gasteiger partial charge in [-0.3, -0.25) is 9.59 Å². The highest BCUT2D eigenvalue weighted by Crippen LogP contribution is 2.50. The summed E-state index contributed by atoms with van der Waals surface area (Å²) in [5.74, 6) is 0.0407. The van der Waals surface area contributed by atoms with Crippen LogP contribution < -0.4 is 0 Å². The Morgan fingerprint density at radius 3 is 2.65 bits per heavy atom. The van der Waals surface area contributed by atoms with Gasteiger partial charge < -0.3 is 4.74 Å². The minimum absolute atomic E-state index is 0.0569. The molecular weight excluding hydrogens is 252 g/mol. The smallest absolute Gasteiger partial charge is 0.302 e. The minimum Gasteiger partial charge on any atom is -0.461 e. The second-order valence-corrected chi connectivity index (χ2v) is 6.17. The Bertz CT molecular complexity index is 538. The second kappa shape index (κ2) is 5.04. The molecule has 3 atom stereocenters. The van der Waals surface area contributed by atoms with Crippen molar-refractivity contribution in [1.29, 1.82) is 0 Å². The molecule has 0 N–H and O–H groups in total. The van der Waals surface area contributed by atoms with Crippen LogP contribution in [-0.4, -0.2) is 17.9 Å². The molecule has 0 heterocycles. The highest BCUT2D eigenvalue weighted by Gasteiger charge is 2.46. The number of carbonyl (C=O) groups is 2. The molecule has 0 saturated heterocycles. The van der Waals surface area contributed by atoms with Gasteiger partial charge in [0.1, 0.15) is 6.10 Å². The fourth-order valence-electron chi connectivity index (χ4n) is 3.28. The largest absolute Gasteiger partial charge is 0.461 e. The third kappa shape index (κ3) is 2.37. The van der Waals surface area contributed by atoms with Gasteiger partial charge in [0.25, 0.3) is 0 Å². The molecule has 0 spiro atoms. The van der Waals surface area contributed by atoms with Crippen LogP contribution in [0.25, 0.3) is 0 Å². The molecule has 3 nitrogen and oxygen atoms in total. The summed E-state index contributed by atoms with van der Waals surface area (Å²) in [5, 5.41) is 0. The Balaban J connectivity index is 2.46. The van der Waals surface area contributed by atoms with Crippen molar-refractivity contribution in [2.24, 2.45) is 11.3 Å². The van der Waals surface area contributed by atoms with Gasteiger partial charge in [-0.05, 0) is 56.8 Å². The van der Waals surface area contributed by atoms with Gasteiger partial charge >= 0.3 is 5.97 Å². The quantitative estimate of drug-likeness (QED) is 0.573. The number of hydrogen-bond acceptors (Lipinski definition) is 3. The van der Waals surface area contributed by atoms with E-state index in [9.17, 15) is 9.59 Å². The van der Waals surface area contributed by atoms with E-state index in [1.807, 2.05) is 19.9 Å². The zero-order valence-electron chi connectivity index (χ0n) is 12.7. The number of hydrogen-bond donors (Lipinski definition) is 0. The Kier molecular flexibility index (Phi) is 3.72. The van der Waals surface area contributed by atoms with Crippen LogP contribution in [0.1, 0.15) is 40.5 Å². The van der Waals surface area contributed by atoms with Gasteiger partial charge in [0.15, 0.2) is 5.78 Å². The molecule has 1 fully saturated rings. The van der Waals surface area contributed by atoms with Gasteiger partial charge in [-0.1, -0.05) is 18.2 Å². The van der Waals surface area contributed by atoms with Crippen molar-refractivity contribution >= 4 is 11.8 Å². The topological polar surface area (TPSA) is 43.4 Å². The van der Waals surface area contributed by atoms with Crippen molar-refractivity contribution in [3.63, 3.8) is 0 Å². The number of allylic oxidation sites excluding steroid dienone is 3. The summed E-state index contributed by atoms with van der Waals surface area (Å²) < 4.78 is 5.55. The SMILES string of the molecule is C=C(C)[C@H]1CC2=C(C)C(=O)C=C[C@@]2(C)[C@H](OC(C)=O)C1. The van der Waals surface area contributed by atoms with E-state index in [0.717, 1.165) is 29.6 Å². The van der Waals surface area contributed by atoms with Gasteiger partial charge in [-0.15, -0.1) is 0 Å². The summed E-state index contributed by atoms with van der Waals surface area (Å²) in [4.78, 5) is 23.3. The monoisotopic (exact) mass is 274 g/mol. The van der Waals surface area contributed by atoms with Crippen molar-refractivity contribution in [1.82, 2.24) is 0 Å². The first kappa shape index (κ1) is 14.8. The lowest BCUT2D eigenvalue weighted by Crippen LogP contribution is -2.44. The second-order valence-electron chi connectivity index (χ2n) is 6.17. The van der Waals surface area contributed by atoms with Crippen molar-refractivity contribution in [3.8, 4) is 0 Å². The van der Waals surface area contributed by atoms with E-state index < -0.39 is 0 Å². The average Bonchev–Trinajstić information content (AvgIpc) is 2.35. The van der Waals surface area contributed by atoms with Crippen molar-refractivity contribution in [2.45, 2.75) is 46.6 Å². The highest BCUT2D eigenvalue weighted by molar-refractivity contribution is 6.05. The molecule has 0 aliphatic heterocycles. The van der Waals surface area contributed by atoms with Crippen LogP contribution in [0.5, 0.6) is 0 Å². The molecule has 0 aromatic carbocycles. The molecule has 2 aliphatic carbocycles. The third-order valence-electron chi connectivity index (χ3n) is 4.68. The fourth-order valence-corrected chi connectivity index (χ4v) is 3.28. The molecule has 0 aromatic heterocycles. The average molecular weight is 274 g/mol. The molecule has 2 aliphatic rings. The summed E-state index contributed by atoms with van der Waals surface area (Å²) in [6, 6.07) is 0. The number of carbonyl (C=O) groups excluding carboxylic acids is 2.